The molecule has 5 aliphatic rings. The van der Waals surface area contributed by atoms with Crippen LogP contribution in [0.25, 0.3) is 56.4 Å². The average Bonchev–Trinajstić information content (AvgIpc) is 3.39. The number of aromatic nitrogens is 3. The van der Waals surface area contributed by atoms with Gasteiger partial charge >= 0.3 is 0 Å². The lowest BCUT2D eigenvalue weighted by atomic mass is 9.48. The molecule has 11 rings (SSSR count). The number of benzene rings is 5. The Morgan fingerprint density at radius 1 is 0.529 bits per heavy atom. The first kappa shape index (κ1) is 30.4. The summed E-state index contributed by atoms with van der Waals surface area (Å²) in [6.07, 6.45) is 8.46. The number of nitriles is 1. The van der Waals surface area contributed by atoms with Crippen LogP contribution in [0.3, 0.4) is 0 Å². The summed E-state index contributed by atoms with van der Waals surface area (Å²) >= 11 is 0. The predicted octanol–water partition coefficient (Wildman–Crippen LogP) is 11.2. The Morgan fingerprint density at radius 3 is 1.65 bits per heavy atom. The van der Waals surface area contributed by atoms with E-state index >= 15 is 0 Å². The van der Waals surface area contributed by atoms with Gasteiger partial charge in [0.1, 0.15) is 0 Å². The van der Waals surface area contributed by atoms with Crippen molar-refractivity contribution in [3.05, 3.63) is 138 Å². The van der Waals surface area contributed by atoms with Crippen LogP contribution in [0.1, 0.15) is 74.6 Å². The van der Waals surface area contributed by atoms with Crippen LogP contribution < -0.4 is 0 Å². The smallest absolute Gasteiger partial charge is 0.164 e. The highest BCUT2D eigenvalue weighted by Gasteiger charge is 2.51. The summed E-state index contributed by atoms with van der Waals surface area (Å²) < 4.78 is 0. The molecule has 1 aromatic heterocycles. The van der Waals surface area contributed by atoms with E-state index in [0.717, 1.165) is 45.6 Å². The normalized spacial score (nSPS) is 23.4. The molecule has 0 N–H and O–H groups in total. The molecule has 4 fully saturated rings. The fourth-order valence-electron chi connectivity index (χ4n) is 10.6. The molecular weight excluding hydrogens is 621 g/mol. The number of fused-ring (bicyclic) bond motifs is 3. The molecule has 5 aliphatic carbocycles. The lowest BCUT2D eigenvalue weighted by Crippen LogP contribution is -2.48. The van der Waals surface area contributed by atoms with Gasteiger partial charge in [-0.1, -0.05) is 111 Å². The summed E-state index contributed by atoms with van der Waals surface area (Å²) in [5.74, 6) is 4.84. The SMILES string of the molecule is CC1(C)c2ccc(-c3ccc(-c4nc(-c5ccccc5)nc(-c5ccc(C67C[C@H]8C[C@@H](C6)C[C@@H](C7)C8)cc5)n4)cc3)cc2-c2ccc(C#N)cc21. The van der Waals surface area contributed by atoms with Crippen molar-refractivity contribution < 1.29 is 0 Å². The van der Waals surface area contributed by atoms with Crippen molar-refractivity contribution in [2.75, 3.05) is 0 Å². The molecule has 4 saturated carbocycles. The van der Waals surface area contributed by atoms with Crippen molar-refractivity contribution in [3.8, 4) is 62.5 Å². The molecule has 248 valence electrons. The summed E-state index contributed by atoms with van der Waals surface area (Å²) in [7, 11) is 0. The van der Waals surface area contributed by atoms with Crippen molar-refractivity contribution in [3.63, 3.8) is 0 Å². The van der Waals surface area contributed by atoms with E-state index < -0.39 is 0 Å². The zero-order chi connectivity index (χ0) is 34.3. The van der Waals surface area contributed by atoms with Crippen molar-refractivity contribution in [2.45, 2.75) is 63.2 Å². The van der Waals surface area contributed by atoms with Crippen LogP contribution in [0, 0.1) is 29.1 Å². The Bertz CT molecular complexity index is 2330. The van der Waals surface area contributed by atoms with Crippen LogP contribution in [0.5, 0.6) is 0 Å². The van der Waals surface area contributed by atoms with Crippen LogP contribution in [0.2, 0.25) is 0 Å². The van der Waals surface area contributed by atoms with Crippen LogP contribution >= 0.6 is 0 Å². The summed E-state index contributed by atoms with van der Waals surface area (Å²) in [5.41, 5.74) is 12.7. The monoisotopic (exact) mass is 660 g/mol. The van der Waals surface area contributed by atoms with Crippen LogP contribution in [0.4, 0.5) is 0 Å². The minimum absolute atomic E-state index is 0.151. The summed E-state index contributed by atoms with van der Waals surface area (Å²) in [6, 6.07) is 43.2. The van der Waals surface area contributed by atoms with Crippen molar-refractivity contribution >= 4 is 0 Å². The fraction of sp³-hybridized carbons (Fsp3) is 0.277. The first-order valence-corrected chi connectivity index (χ1v) is 18.6. The minimum atomic E-state index is -0.151. The van der Waals surface area contributed by atoms with E-state index in [1.54, 1.807) is 0 Å². The molecule has 5 aromatic carbocycles. The van der Waals surface area contributed by atoms with Gasteiger partial charge in [-0.3, -0.25) is 0 Å². The summed E-state index contributed by atoms with van der Waals surface area (Å²) in [6.45, 7) is 4.50. The molecule has 0 atom stereocenters. The van der Waals surface area contributed by atoms with Gasteiger partial charge in [-0.05, 0) is 119 Å². The van der Waals surface area contributed by atoms with Gasteiger partial charge in [0.25, 0.3) is 0 Å². The van der Waals surface area contributed by atoms with Crippen molar-refractivity contribution in [2.24, 2.45) is 17.8 Å². The lowest BCUT2D eigenvalue weighted by Gasteiger charge is -2.57. The van der Waals surface area contributed by atoms with Crippen molar-refractivity contribution in [1.29, 1.82) is 5.26 Å². The Labute approximate surface area is 300 Å². The van der Waals surface area contributed by atoms with Gasteiger partial charge in [0.2, 0.25) is 0 Å². The molecule has 4 nitrogen and oxygen atoms in total. The third-order valence-corrected chi connectivity index (χ3v) is 12.7. The molecule has 0 amide bonds. The Morgan fingerprint density at radius 2 is 1.06 bits per heavy atom. The highest BCUT2D eigenvalue weighted by atomic mass is 15.0. The zero-order valence-electron chi connectivity index (χ0n) is 29.2. The number of hydrogen-bond donors (Lipinski definition) is 0. The van der Waals surface area contributed by atoms with E-state index in [2.05, 4.69) is 105 Å². The van der Waals surface area contributed by atoms with Gasteiger partial charge in [0.05, 0.1) is 11.6 Å². The van der Waals surface area contributed by atoms with E-state index in [-0.39, 0.29) is 5.41 Å². The van der Waals surface area contributed by atoms with Crippen LogP contribution in [-0.4, -0.2) is 15.0 Å². The minimum Gasteiger partial charge on any atom is -0.208 e. The van der Waals surface area contributed by atoms with E-state index in [1.807, 2.05) is 30.3 Å². The molecule has 0 aliphatic heterocycles. The van der Waals surface area contributed by atoms with E-state index in [1.165, 1.54) is 66.3 Å². The second kappa shape index (κ2) is 11.3. The third kappa shape index (κ3) is 4.97. The van der Waals surface area contributed by atoms with Gasteiger partial charge in [0.15, 0.2) is 17.5 Å². The second-order valence-corrected chi connectivity index (χ2v) is 16.3. The quantitative estimate of drug-likeness (QED) is 0.185. The predicted molar refractivity (Wildman–Crippen MR) is 204 cm³/mol. The molecule has 4 bridgehead atoms. The highest BCUT2D eigenvalue weighted by molar-refractivity contribution is 5.85. The van der Waals surface area contributed by atoms with E-state index in [9.17, 15) is 5.26 Å². The standard InChI is InChI=1S/C47H40N4/c1-46(2)41-19-15-37(24-40(41)39-18-8-29(28-48)23-42(39)46)33-9-11-35(12-10-33)44-49-43(34-6-4-3-5-7-34)50-45(51-44)36-13-16-38(17-14-36)47-25-30-20-31(26-47)22-32(21-30)27-47/h3-19,23-24,30-32H,20-22,25-27H2,1-2H3/t30-,31+,32-,47?. The second-order valence-electron chi connectivity index (χ2n) is 16.3. The van der Waals surface area contributed by atoms with Gasteiger partial charge in [0, 0.05) is 22.1 Å². The first-order valence-electron chi connectivity index (χ1n) is 18.6. The maximum absolute atomic E-state index is 9.53. The van der Waals surface area contributed by atoms with Crippen molar-refractivity contribution in [1.82, 2.24) is 15.0 Å². The topological polar surface area (TPSA) is 62.5 Å². The maximum Gasteiger partial charge on any atom is 0.164 e. The molecule has 6 aromatic rings. The Kier molecular flexibility index (Phi) is 6.74. The van der Waals surface area contributed by atoms with Gasteiger partial charge < -0.3 is 0 Å². The van der Waals surface area contributed by atoms with Gasteiger partial charge in [-0.25, -0.2) is 15.0 Å². The molecule has 0 radical (unpaired) electrons. The fourth-order valence-corrected chi connectivity index (χ4v) is 10.6. The maximum atomic E-state index is 9.53. The summed E-state index contributed by atoms with van der Waals surface area (Å²) in [5, 5.41) is 9.53. The lowest BCUT2D eigenvalue weighted by molar-refractivity contribution is -0.00518. The summed E-state index contributed by atoms with van der Waals surface area (Å²) in [4.78, 5) is 15.1. The molecule has 51 heavy (non-hydrogen) atoms. The molecule has 0 spiro atoms. The van der Waals surface area contributed by atoms with Crippen LogP contribution in [-0.2, 0) is 10.8 Å². The molecular formula is C47H40N4. The Balaban J connectivity index is 0.990. The molecule has 0 saturated heterocycles. The third-order valence-electron chi connectivity index (χ3n) is 12.7. The molecule has 1 heterocycles. The highest BCUT2D eigenvalue weighted by Crippen LogP contribution is 2.60. The largest absolute Gasteiger partial charge is 0.208 e. The number of hydrogen-bond acceptors (Lipinski definition) is 4. The molecule has 4 heteroatoms. The zero-order valence-corrected chi connectivity index (χ0v) is 29.2. The Hall–Kier alpha value is -5.40. The average molecular weight is 661 g/mol. The number of nitrogens with zero attached hydrogens (tertiary/aromatic N) is 4. The van der Waals surface area contributed by atoms with Gasteiger partial charge in [-0.15, -0.1) is 0 Å². The van der Waals surface area contributed by atoms with E-state index in [4.69, 9.17) is 15.0 Å². The van der Waals surface area contributed by atoms with Crippen LogP contribution in [0.15, 0.2) is 115 Å². The van der Waals surface area contributed by atoms with Gasteiger partial charge in [-0.2, -0.15) is 5.26 Å². The molecule has 0 unspecified atom stereocenters. The first-order chi connectivity index (χ1) is 24.8. The number of rotatable bonds is 5. The van der Waals surface area contributed by atoms with E-state index in [0.29, 0.717) is 28.5 Å².